The van der Waals surface area contributed by atoms with E-state index < -0.39 is 0 Å². The fourth-order valence-corrected chi connectivity index (χ4v) is 8.39. The molecule has 0 N–H and O–H groups in total. The molecule has 5 nitrogen and oxygen atoms in total. The van der Waals surface area contributed by atoms with Gasteiger partial charge in [-0.3, -0.25) is 14.4 Å². The van der Waals surface area contributed by atoms with Crippen molar-refractivity contribution < 1.29 is 19.1 Å². The van der Waals surface area contributed by atoms with Gasteiger partial charge in [0.15, 0.2) is 5.78 Å². The first kappa shape index (κ1) is 29.1. The first-order chi connectivity index (χ1) is 18.2. The zero-order valence-corrected chi connectivity index (χ0v) is 24.5. The number of carbonyl (C=O) groups is 3. The summed E-state index contributed by atoms with van der Waals surface area (Å²) in [5, 5.41) is 0. The fourth-order valence-electron chi connectivity index (χ4n) is 8.39. The van der Waals surface area contributed by atoms with Crippen LogP contribution in [-0.4, -0.2) is 42.8 Å². The van der Waals surface area contributed by atoms with E-state index in [1.807, 2.05) is 20.2 Å². The maximum Gasteiger partial charge on any atom is 0.302 e. The van der Waals surface area contributed by atoms with Gasteiger partial charge in [-0.05, 0) is 86.3 Å². The monoisotopic (exact) mass is 525 g/mol. The third-order valence-corrected chi connectivity index (χ3v) is 10.3. The standard InChI is InChI=1S/C33H51NO4/c1-23(35)38-30-20-19-29-28-17-15-24-21-26(36)16-18-27(24)32(28)25(22-33(29,30)2)13-11-9-7-5-6-8-10-12-14-31(37)34(3)4/h21,25,28-30H,5-20,22H2,1-4H3/t25-,28-,29-,30-,33-/m0/s1. The number of carbonyl (C=O) groups excluding carboxylic acids is 3. The van der Waals surface area contributed by atoms with Crippen molar-refractivity contribution in [3.63, 3.8) is 0 Å². The molecular formula is C33H51NO4. The minimum atomic E-state index is -0.137. The lowest BCUT2D eigenvalue weighted by atomic mass is 9.53. The molecule has 0 radical (unpaired) electrons. The SMILES string of the molecule is CC(=O)O[C@H]1CC[C@H]2[C@@H]3CCC4=CC(=O)CCC4=C3[C@@H](CCCCCCCCCCC(=O)N(C)C)C[C@]12C. The van der Waals surface area contributed by atoms with Crippen LogP contribution in [0.4, 0.5) is 0 Å². The van der Waals surface area contributed by atoms with E-state index in [9.17, 15) is 14.4 Å². The number of rotatable bonds is 12. The highest BCUT2D eigenvalue weighted by molar-refractivity contribution is 5.93. The molecule has 4 aliphatic rings. The van der Waals surface area contributed by atoms with Crippen LogP contribution in [0, 0.1) is 23.2 Å². The molecule has 4 rings (SSSR count). The fraction of sp³-hybridized carbons (Fsp3) is 0.788. The minimum Gasteiger partial charge on any atom is -0.462 e. The summed E-state index contributed by atoms with van der Waals surface area (Å²) in [6.07, 6.45) is 20.7. The molecule has 2 fully saturated rings. The van der Waals surface area contributed by atoms with Crippen molar-refractivity contribution in [2.75, 3.05) is 14.1 Å². The lowest BCUT2D eigenvalue weighted by Gasteiger charge is -2.52. The van der Waals surface area contributed by atoms with E-state index in [0.29, 0.717) is 36.4 Å². The lowest BCUT2D eigenvalue weighted by molar-refractivity contribution is -0.154. The van der Waals surface area contributed by atoms with Gasteiger partial charge >= 0.3 is 5.97 Å². The molecular weight excluding hydrogens is 474 g/mol. The second kappa shape index (κ2) is 13.0. The molecule has 0 spiro atoms. The Labute approximate surface area is 230 Å². The number of fused-ring (bicyclic) bond motifs is 4. The summed E-state index contributed by atoms with van der Waals surface area (Å²) in [6.45, 7) is 3.97. The van der Waals surface area contributed by atoms with Gasteiger partial charge in [0.2, 0.25) is 5.91 Å². The van der Waals surface area contributed by atoms with E-state index in [1.165, 1.54) is 56.1 Å². The van der Waals surface area contributed by atoms with Crippen molar-refractivity contribution in [3.8, 4) is 0 Å². The predicted octanol–water partition coefficient (Wildman–Crippen LogP) is 7.34. The Morgan fingerprint density at radius 3 is 2.32 bits per heavy atom. The first-order valence-electron chi connectivity index (χ1n) is 15.5. The van der Waals surface area contributed by atoms with Crippen LogP contribution in [0.3, 0.4) is 0 Å². The Morgan fingerprint density at radius 2 is 1.63 bits per heavy atom. The summed E-state index contributed by atoms with van der Waals surface area (Å²) in [5.74, 6) is 2.15. The zero-order valence-electron chi connectivity index (χ0n) is 24.5. The van der Waals surface area contributed by atoms with Crippen LogP contribution in [0.15, 0.2) is 22.8 Å². The Balaban J connectivity index is 1.33. The number of amides is 1. The van der Waals surface area contributed by atoms with Crippen molar-refractivity contribution in [3.05, 3.63) is 22.8 Å². The van der Waals surface area contributed by atoms with Crippen LogP contribution < -0.4 is 0 Å². The number of ketones is 1. The number of unbranched alkanes of at least 4 members (excludes halogenated alkanes) is 7. The number of esters is 1. The number of hydrogen-bond donors (Lipinski definition) is 0. The maximum absolute atomic E-state index is 12.2. The summed E-state index contributed by atoms with van der Waals surface area (Å²) in [5.41, 5.74) is 4.65. The van der Waals surface area contributed by atoms with E-state index in [4.69, 9.17) is 4.74 Å². The summed E-state index contributed by atoms with van der Waals surface area (Å²) in [6, 6.07) is 0. The summed E-state index contributed by atoms with van der Waals surface area (Å²) in [7, 11) is 3.66. The topological polar surface area (TPSA) is 63.7 Å². The molecule has 5 heteroatoms. The lowest BCUT2D eigenvalue weighted by Crippen LogP contribution is -2.46. The highest BCUT2D eigenvalue weighted by Gasteiger charge is 2.57. The van der Waals surface area contributed by atoms with Gasteiger partial charge in [-0.15, -0.1) is 0 Å². The van der Waals surface area contributed by atoms with Crippen molar-refractivity contribution in [2.24, 2.45) is 23.2 Å². The number of nitrogens with zero attached hydrogens (tertiary/aromatic N) is 1. The van der Waals surface area contributed by atoms with Crippen molar-refractivity contribution >= 4 is 17.7 Å². The van der Waals surface area contributed by atoms with Crippen LogP contribution in [-0.2, 0) is 19.1 Å². The Bertz CT molecular complexity index is 947. The third-order valence-electron chi connectivity index (χ3n) is 10.3. The van der Waals surface area contributed by atoms with Crippen LogP contribution in [0.25, 0.3) is 0 Å². The Kier molecular flexibility index (Phi) is 9.92. The maximum atomic E-state index is 12.2. The second-order valence-corrected chi connectivity index (χ2v) is 13.1. The molecule has 5 atom stereocenters. The van der Waals surface area contributed by atoms with E-state index in [0.717, 1.165) is 51.4 Å². The van der Waals surface area contributed by atoms with Crippen LogP contribution in [0.2, 0.25) is 0 Å². The van der Waals surface area contributed by atoms with E-state index in [2.05, 4.69) is 6.92 Å². The van der Waals surface area contributed by atoms with Gasteiger partial charge in [-0.25, -0.2) is 0 Å². The number of allylic oxidation sites excluding steroid dienone is 4. The van der Waals surface area contributed by atoms with Crippen molar-refractivity contribution in [2.45, 2.75) is 129 Å². The molecule has 1 amide bonds. The Morgan fingerprint density at radius 1 is 0.947 bits per heavy atom. The van der Waals surface area contributed by atoms with Gasteiger partial charge in [0.25, 0.3) is 0 Å². The van der Waals surface area contributed by atoms with E-state index in [-0.39, 0.29) is 23.4 Å². The zero-order chi connectivity index (χ0) is 27.3. The molecule has 212 valence electrons. The quantitative estimate of drug-likeness (QED) is 0.197. The summed E-state index contributed by atoms with van der Waals surface area (Å²) < 4.78 is 5.92. The largest absolute Gasteiger partial charge is 0.462 e. The predicted molar refractivity (Wildman–Crippen MR) is 151 cm³/mol. The molecule has 0 aromatic heterocycles. The van der Waals surface area contributed by atoms with E-state index in [1.54, 1.807) is 17.4 Å². The molecule has 0 unspecified atom stereocenters. The average Bonchev–Trinajstić information content (AvgIpc) is 3.19. The molecule has 0 aromatic carbocycles. The van der Waals surface area contributed by atoms with Gasteiger partial charge in [0.05, 0.1) is 0 Å². The van der Waals surface area contributed by atoms with Crippen LogP contribution >= 0.6 is 0 Å². The van der Waals surface area contributed by atoms with E-state index >= 15 is 0 Å². The molecule has 0 bridgehead atoms. The molecule has 4 aliphatic carbocycles. The summed E-state index contributed by atoms with van der Waals surface area (Å²) in [4.78, 5) is 37.5. The molecule has 0 aromatic rings. The highest BCUT2D eigenvalue weighted by atomic mass is 16.5. The minimum absolute atomic E-state index is 0.0527. The molecule has 0 heterocycles. The van der Waals surface area contributed by atoms with Crippen LogP contribution in [0.5, 0.6) is 0 Å². The van der Waals surface area contributed by atoms with Gasteiger partial charge in [-0.1, -0.05) is 57.4 Å². The molecule has 38 heavy (non-hydrogen) atoms. The Hall–Kier alpha value is -1.91. The van der Waals surface area contributed by atoms with Crippen molar-refractivity contribution in [1.82, 2.24) is 4.90 Å². The first-order valence-corrected chi connectivity index (χ1v) is 15.5. The van der Waals surface area contributed by atoms with Crippen LogP contribution in [0.1, 0.15) is 123 Å². The van der Waals surface area contributed by atoms with Gasteiger partial charge in [0.1, 0.15) is 6.10 Å². The number of ether oxygens (including phenoxy) is 1. The summed E-state index contributed by atoms with van der Waals surface area (Å²) >= 11 is 0. The number of hydrogen-bond acceptors (Lipinski definition) is 4. The van der Waals surface area contributed by atoms with Gasteiger partial charge in [-0.2, -0.15) is 0 Å². The van der Waals surface area contributed by atoms with Gasteiger partial charge in [0, 0.05) is 39.3 Å². The van der Waals surface area contributed by atoms with Gasteiger partial charge < -0.3 is 9.64 Å². The normalized spacial score (nSPS) is 30.3. The smallest absolute Gasteiger partial charge is 0.302 e. The average molecular weight is 526 g/mol. The molecule has 0 saturated heterocycles. The molecule has 2 saturated carbocycles. The molecule has 0 aliphatic heterocycles. The third kappa shape index (κ3) is 6.62. The van der Waals surface area contributed by atoms with Crippen molar-refractivity contribution in [1.29, 1.82) is 0 Å². The highest BCUT2D eigenvalue weighted by Crippen LogP contribution is 2.63. The second-order valence-electron chi connectivity index (χ2n) is 13.1.